The summed E-state index contributed by atoms with van der Waals surface area (Å²) in [6, 6.07) is 8.51. The smallest absolute Gasteiger partial charge is 0.256 e. The predicted molar refractivity (Wildman–Crippen MR) is 163 cm³/mol. The summed E-state index contributed by atoms with van der Waals surface area (Å²) in [5.74, 6) is -0.271. The number of nitrogens with zero attached hydrogens (tertiary/aromatic N) is 1. The average Bonchev–Trinajstić information content (AvgIpc) is 2.88. The molecule has 5 N–H and O–H groups in total. The number of allylic oxidation sites excluding steroid dienone is 3. The summed E-state index contributed by atoms with van der Waals surface area (Å²) in [7, 11) is 3.42. The van der Waals surface area contributed by atoms with Crippen LogP contribution in [0.2, 0.25) is 0 Å². The Kier molecular flexibility index (Phi) is 13.5. The number of rotatable bonds is 13. The highest BCUT2D eigenvalue weighted by Gasteiger charge is 2.40. The molecule has 0 fully saturated rings. The number of amides is 3. The van der Waals surface area contributed by atoms with Crippen molar-refractivity contribution in [3.05, 3.63) is 71.5 Å². The van der Waals surface area contributed by atoms with Crippen molar-refractivity contribution in [3.63, 3.8) is 0 Å². The van der Waals surface area contributed by atoms with Gasteiger partial charge < -0.3 is 21.3 Å². The van der Waals surface area contributed by atoms with E-state index in [2.05, 4.69) is 15.4 Å². The Morgan fingerprint density at radius 2 is 1.69 bits per heavy atom. The number of carbonyl (C=O) groups is 3. The molecule has 1 aromatic rings. The summed E-state index contributed by atoms with van der Waals surface area (Å²) in [6.45, 7) is 13.6. The van der Waals surface area contributed by atoms with Crippen LogP contribution in [0.5, 0.6) is 0 Å². The molecule has 1 aromatic carbocycles. The molecule has 2 atom stereocenters. The third-order valence-electron chi connectivity index (χ3n) is 6.50. The first-order valence-electron chi connectivity index (χ1n) is 13.1. The van der Waals surface area contributed by atoms with Gasteiger partial charge in [0.1, 0.15) is 6.04 Å². The third kappa shape index (κ3) is 10.6. The molecule has 2 unspecified atom stereocenters. The number of hydrogen-bond donors (Lipinski definition) is 4. The molecule has 0 radical (unpaired) electrons. The number of hydrogen-bond acceptors (Lipinski definition) is 6. The molecule has 1 rings (SSSR count). The quantitative estimate of drug-likeness (QED) is 0.167. The fourth-order valence-corrected chi connectivity index (χ4v) is 4.57. The highest BCUT2D eigenvalue weighted by Crippen LogP contribution is 2.28. The molecule has 9 heteroatoms. The van der Waals surface area contributed by atoms with Crippen LogP contribution in [0.1, 0.15) is 54.0 Å². The Morgan fingerprint density at radius 3 is 2.23 bits per heavy atom. The van der Waals surface area contributed by atoms with E-state index in [9.17, 15) is 14.4 Å². The Bertz CT molecular complexity index is 1060. The Morgan fingerprint density at radius 1 is 1.08 bits per heavy atom. The molecule has 0 heterocycles. The molecule has 0 aliphatic carbocycles. The van der Waals surface area contributed by atoms with Gasteiger partial charge in [-0.05, 0) is 49.9 Å². The summed E-state index contributed by atoms with van der Waals surface area (Å²) in [5, 5.41) is 6.15. The van der Waals surface area contributed by atoms with Gasteiger partial charge in [0.15, 0.2) is 0 Å². The average molecular weight is 558 g/mol. The van der Waals surface area contributed by atoms with E-state index in [0.29, 0.717) is 17.0 Å². The zero-order chi connectivity index (χ0) is 29.8. The second kappa shape index (κ2) is 15.5. The van der Waals surface area contributed by atoms with Crippen LogP contribution in [0.3, 0.4) is 0 Å². The maximum atomic E-state index is 13.5. The predicted octanol–water partition coefficient (Wildman–Crippen LogP) is 3.67. The van der Waals surface area contributed by atoms with Crippen LogP contribution in [0.25, 0.3) is 0 Å². The number of benzene rings is 1. The Labute approximate surface area is 239 Å². The Balaban J connectivity index is 2.91. The van der Waals surface area contributed by atoms with E-state index in [0.717, 1.165) is 5.56 Å². The molecule has 0 spiro atoms. The van der Waals surface area contributed by atoms with E-state index >= 15 is 0 Å². The van der Waals surface area contributed by atoms with Crippen LogP contribution in [0.15, 0.2) is 65.9 Å². The van der Waals surface area contributed by atoms with Crippen LogP contribution in [0, 0.1) is 5.41 Å². The molecular weight excluding hydrogens is 510 g/mol. The first-order chi connectivity index (χ1) is 18.2. The van der Waals surface area contributed by atoms with Gasteiger partial charge in [-0.25, -0.2) is 0 Å². The number of carbonyl (C=O) groups excluding carboxylic acids is 3. The van der Waals surface area contributed by atoms with Gasteiger partial charge in [-0.15, -0.1) is 0 Å². The van der Waals surface area contributed by atoms with Crippen LogP contribution in [0.4, 0.5) is 0 Å². The lowest BCUT2D eigenvalue weighted by Gasteiger charge is -2.38. The number of nitrogens with one attached hydrogen (secondary N) is 3. The van der Waals surface area contributed by atoms with Gasteiger partial charge in [-0.1, -0.05) is 83.2 Å². The Hall–Kier alpha value is -3.04. The van der Waals surface area contributed by atoms with Gasteiger partial charge in [0.2, 0.25) is 11.8 Å². The van der Waals surface area contributed by atoms with Gasteiger partial charge in [0, 0.05) is 30.3 Å². The van der Waals surface area contributed by atoms with Crippen LogP contribution in [-0.4, -0.2) is 61.1 Å². The molecular formula is C30H47N5O3S. The van der Waals surface area contributed by atoms with Crippen molar-refractivity contribution < 1.29 is 14.4 Å². The molecule has 216 valence electrons. The van der Waals surface area contributed by atoms with E-state index in [1.54, 1.807) is 33.2 Å². The molecule has 8 nitrogen and oxygen atoms in total. The zero-order valence-electron chi connectivity index (χ0n) is 24.9. The van der Waals surface area contributed by atoms with Crippen molar-refractivity contribution >= 4 is 29.7 Å². The SMILES string of the molecule is C/C=C\C=C(\N)CSNC(=O)/C(C)=C/CN(C)C(=O)C(NC(=O)C(NC)C(C)(C)c1ccccc1)C(C)(C)C. The molecule has 39 heavy (non-hydrogen) atoms. The van der Waals surface area contributed by atoms with Crippen molar-refractivity contribution in [1.82, 2.24) is 20.3 Å². The largest absolute Gasteiger partial charge is 0.401 e. The molecule has 0 aliphatic rings. The minimum absolute atomic E-state index is 0.222. The molecule has 0 bridgehead atoms. The summed E-state index contributed by atoms with van der Waals surface area (Å²) in [4.78, 5) is 41.0. The monoisotopic (exact) mass is 557 g/mol. The normalized spacial score (nSPS) is 14.6. The van der Waals surface area contributed by atoms with E-state index in [-0.39, 0.29) is 24.3 Å². The van der Waals surface area contributed by atoms with Crippen molar-refractivity contribution in [3.8, 4) is 0 Å². The molecule has 0 aliphatic heterocycles. The van der Waals surface area contributed by atoms with Gasteiger partial charge in [0.25, 0.3) is 5.91 Å². The second-order valence-corrected chi connectivity index (χ2v) is 12.0. The third-order valence-corrected chi connectivity index (χ3v) is 7.31. The molecule has 0 saturated carbocycles. The fraction of sp³-hybridized carbons (Fsp3) is 0.500. The van der Waals surface area contributed by atoms with E-state index in [4.69, 9.17) is 5.73 Å². The lowest BCUT2D eigenvalue weighted by Crippen LogP contribution is -2.60. The topological polar surface area (TPSA) is 117 Å². The minimum atomic E-state index is -0.762. The summed E-state index contributed by atoms with van der Waals surface area (Å²) >= 11 is 1.21. The fourth-order valence-electron chi connectivity index (χ4n) is 3.94. The zero-order valence-corrected chi connectivity index (χ0v) is 25.7. The van der Waals surface area contributed by atoms with Gasteiger partial charge in [-0.3, -0.25) is 19.1 Å². The molecule has 0 aromatic heterocycles. The highest BCUT2D eigenvalue weighted by molar-refractivity contribution is 7.98. The lowest BCUT2D eigenvalue weighted by molar-refractivity contribution is -0.139. The minimum Gasteiger partial charge on any atom is -0.401 e. The van der Waals surface area contributed by atoms with Gasteiger partial charge in [-0.2, -0.15) is 0 Å². The standard InChI is InChI=1S/C30H47N5O3S/c1-10-11-17-23(31)20-39-34-26(36)21(2)18-19-35(9)28(38)25(29(3,4)5)33-27(37)24(32-8)30(6,7)22-15-13-12-14-16-22/h10-18,24-25,32H,19-20,31H2,1-9H3,(H,33,37)(H,34,36)/b11-10-,21-18+,23-17+. The number of nitrogens with two attached hydrogens (primary N) is 1. The maximum absolute atomic E-state index is 13.5. The van der Waals surface area contributed by atoms with E-state index in [1.165, 1.54) is 16.8 Å². The van der Waals surface area contributed by atoms with Crippen molar-refractivity contribution in [2.45, 2.75) is 66.0 Å². The maximum Gasteiger partial charge on any atom is 0.256 e. The molecule has 0 saturated heterocycles. The van der Waals surface area contributed by atoms with Crippen LogP contribution in [-0.2, 0) is 19.8 Å². The summed E-state index contributed by atoms with van der Waals surface area (Å²) < 4.78 is 2.76. The first kappa shape index (κ1) is 34.0. The van der Waals surface area contributed by atoms with Crippen molar-refractivity contribution in [2.24, 2.45) is 11.1 Å². The summed E-state index contributed by atoms with van der Waals surface area (Å²) in [5.41, 5.74) is 6.97. The van der Waals surface area contributed by atoms with Gasteiger partial charge >= 0.3 is 0 Å². The summed E-state index contributed by atoms with van der Waals surface area (Å²) in [6.07, 6.45) is 7.20. The number of likely N-dealkylation sites (N-methyl/N-ethyl adjacent to an activating group) is 2. The highest BCUT2D eigenvalue weighted by atomic mass is 32.2. The van der Waals surface area contributed by atoms with Crippen LogP contribution >= 0.6 is 11.9 Å². The first-order valence-corrected chi connectivity index (χ1v) is 14.1. The second-order valence-electron chi connectivity index (χ2n) is 11.2. The molecule has 3 amide bonds. The van der Waals surface area contributed by atoms with E-state index < -0.39 is 22.9 Å². The van der Waals surface area contributed by atoms with Crippen LogP contribution < -0.4 is 21.1 Å². The van der Waals surface area contributed by atoms with Crippen molar-refractivity contribution in [2.75, 3.05) is 26.4 Å². The van der Waals surface area contributed by atoms with Crippen molar-refractivity contribution in [1.29, 1.82) is 0 Å². The van der Waals surface area contributed by atoms with E-state index in [1.807, 2.05) is 84.0 Å². The lowest BCUT2D eigenvalue weighted by atomic mass is 9.76. The van der Waals surface area contributed by atoms with Gasteiger partial charge in [0.05, 0.1) is 11.8 Å².